The van der Waals surface area contributed by atoms with Gasteiger partial charge in [-0.15, -0.1) is 0 Å². The van der Waals surface area contributed by atoms with E-state index in [9.17, 15) is 4.79 Å². The van der Waals surface area contributed by atoms with Crippen molar-refractivity contribution in [3.05, 3.63) is 70.4 Å². The van der Waals surface area contributed by atoms with E-state index in [0.29, 0.717) is 23.8 Å². The summed E-state index contributed by atoms with van der Waals surface area (Å²) in [7, 11) is 0. The highest BCUT2D eigenvalue weighted by Crippen LogP contribution is 2.32. The number of Topliss-reactive ketones (excluding diaryl/α,β-unsaturated/α-hetero) is 1. The molecule has 5 heteroatoms. The van der Waals surface area contributed by atoms with Gasteiger partial charge in [-0.3, -0.25) is 4.79 Å². The van der Waals surface area contributed by atoms with Crippen molar-refractivity contribution in [2.45, 2.75) is 40.5 Å². The largest absolute Gasteiger partial charge is 0.339 e. The fraction of sp³-hybridized carbons (Fsp3) is 0.292. The van der Waals surface area contributed by atoms with E-state index in [1.807, 2.05) is 37.3 Å². The van der Waals surface area contributed by atoms with Crippen molar-refractivity contribution in [1.29, 1.82) is 0 Å². The Morgan fingerprint density at radius 1 is 0.897 bits per heavy atom. The number of nitrogens with zero attached hydrogens (tertiary/aromatic N) is 2. The minimum absolute atomic E-state index is 0.103. The molecule has 0 aliphatic heterocycles. The van der Waals surface area contributed by atoms with Gasteiger partial charge in [-0.05, 0) is 74.1 Å². The van der Waals surface area contributed by atoms with E-state index in [0.717, 1.165) is 29.1 Å². The molecular formula is C24H26N4O. The number of ketones is 1. The number of aryl methyl sites for hydroxylation is 3. The lowest BCUT2D eigenvalue weighted by molar-refractivity contribution is 0.0953. The maximum atomic E-state index is 12.8. The molecule has 0 amide bonds. The van der Waals surface area contributed by atoms with E-state index in [2.05, 4.69) is 48.5 Å². The van der Waals surface area contributed by atoms with Crippen LogP contribution in [0.15, 0.2) is 42.5 Å². The van der Waals surface area contributed by atoms with Crippen LogP contribution in [0.5, 0.6) is 0 Å². The van der Waals surface area contributed by atoms with Crippen LogP contribution in [0.1, 0.15) is 46.1 Å². The van der Waals surface area contributed by atoms with Crippen LogP contribution in [0.3, 0.4) is 0 Å². The second-order valence-corrected chi connectivity index (χ2v) is 8.07. The van der Waals surface area contributed by atoms with E-state index in [1.54, 1.807) is 0 Å². The van der Waals surface area contributed by atoms with Crippen molar-refractivity contribution in [3.8, 4) is 0 Å². The predicted molar refractivity (Wildman–Crippen MR) is 118 cm³/mol. The summed E-state index contributed by atoms with van der Waals surface area (Å²) in [4.78, 5) is 22.2. The third kappa shape index (κ3) is 4.14. The molecule has 0 saturated carbocycles. The second-order valence-electron chi connectivity index (χ2n) is 8.07. The zero-order chi connectivity index (χ0) is 20.5. The highest BCUT2D eigenvalue weighted by atomic mass is 16.1. The van der Waals surface area contributed by atoms with Crippen molar-refractivity contribution in [2.24, 2.45) is 5.92 Å². The quantitative estimate of drug-likeness (QED) is 0.606. The molecule has 0 spiro atoms. The maximum Gasteiger partial charge on any atom is 0.229 e. The summed E-state index contributed by atoms with van der Waals surface area (Å²) in [6.45, 7) is 8.30. The molecule has 1 atom stereocenters. The van der Waals surface area contributed by atoms with Crippen LogP contribution in [0.2, 0.25) is 0 Å². The minimum Gasteiger partial charge on any atom is -0.339 e. The molecular weight excluding hydrogens is 360 g/mol. The smallest absolute Gasteiger partial charge is 0.229 e. The molecule has 29 heavy (non-hydrogen) atoms. The van der Waals surface area contributed by atoms with Crippen molar-refractivity contribution in [1.82, 2.24) is 9.97 Å². The van der Waals surface area contributed by atoms with Gasteiger partial charge in [0.05, 0.1) is 11.3 Å². The van der Waals surface area contributed by atoms with Crippen LogP contribution in [-0.2, 0) is 6.42 Å². The van der Waals surface area contributed by atoms with Crippen molar-refractivity contribution < 1.29 is 4.79 Å². The van der Waals surface area contributed by atoms with E-state index >= 15 is 0 Å². The topological polar surface area (TPSA) is 66.9 Å². The molecule has 0 saturated heterocycles. The Hall–Kier alpha value is -3.21. The molecule has 0 radical (unpaired) electrons. The summed E-state index contributed by atoms with van der Waals surface area (Å²) in [5, 5.41) is 6.67. The highest BCUT2D eigenvalue weighted by molar-refractivity contribution is 6.03. The average molecular weight is 386 g/mol. The van der Waals surface area contributed by atoms with Crippen LogP contribution in [0.25, 0.3) is 0 Å². The fourth-order valence-electron chi connectivity index (χ4n) is 3.72. The van der Waals surface area contributed by atoms with Crippen LogP contribution in [-0.4, -0.2) is 15.8 Å². The fourth-order valence-corrected chi connectivity index (χ4v) is 3.72. The number of benzene rings is 2. The lowest BCUT2D eigenvalue weighted by Crippen LogP contribution is -2.22. The average Bonchev–Trinajstić information content (AvgIpc) is 2.64. The molecule has 3 aromatic rings. The SMILES string of the molecule is Cc1cccc(Nc2nc(Nc3ccc(C)c(C)c3)nc3c2C(=O)CC(C)C3)c1. The molecule has 0 bridgehead atoms. The number of hydrogen-bond acceptors (Lipinski definition) is 5. The zero-order valence-electron chi connectivity index (χ0n) is 17.3. The van der Waals surface area contributed by atoms with E-state index < -0.39 is 0 Å². The zero-order valence-corrected chi connectivity index (χ0v) is 17.3. The Morgan fingerprint density at radius 2 is 1.69 bits per heavy atom. The van der Waals surface area contributed by atoms with Crippen LogP contribution >= 0.6 is 0 Å². The van der Waals surface area contributed by atoms with Crippen molar-refractivity contribution in [3.63, 3.8) is 0 Å². The molecule has 4 rings (SSSR count). The van der Waals surface area contributed by atoms with Gasteiger partial charge in [0.1, 0.15) is 5.82 Å². The molecule has 1 aliphatic carbocycles. The molecule has 2 N–H and O–H groups in total. The van der Waals surface area contributed by atoms with Gasteiger partial charge in [0.15, 0.2) is 5.78 Å². The third-order valence-corrected chi connectivity index (χ3v) is 5.38. The second kappa shape index (κ2) is 7.66. The lowest BCUT2D eigenvalue weighted by Gasteiger charge is -2.23. The number of carbonyl (C=O) groups excluding carboxylic acids is 1. The number of aromatic nitrogens is 2. The summed E-state index contributed by atoms with van der Waals surface area (Å²) < 4.78 is 0. The molecule has 5 nitrogen and oxygen atoms in total. The normalized spacial score (nSPS) is 15.7. The number of hydrogen-bond donors (Lipinski definition) is 2. The summed E-state index contributed by atoms with van der Waals surface area (Å²) >= 11 is 0. The van der Waals surface area contributed by atoms with Gasteiger partial charge in [0.25, 0.3) is 0 Å². The number of nitrogens with one attached hydrogen (secondary N) is 2. The van der Waals surface area contributed by atoms with Gasteiger partial charge in [-0.1, -0.05) is 25.1 Å². The Bertz CT molecular complexity index is 1090. The molecule has 1 aliphatic rings. The number of carbonyl (C=O) groups is 1. The Labute approximate surface area is 171 Å². The Balaban J connectivity index is 1.75. The van der Waals surface area contributed by atoms with Crippen LogP contribution in [0.4, 0.5) is 23.1 Å². The van der Waals surface area contributed by atoms with Crippen LogP contribution in [0, 0.1) is 26.7 Å². The standard InChI is InChI=1S/C24H26N4O/c1-14-6-5-7-18(10-14)25-23-22-20(11-15(2)12-21(22)29)27-24(28-23)26-19-9-8-16(3)17(4)13-19/h5-10,13,15H,11-12H2,1-4H3,(H2,25,26,27,28). The van der Waals surface area contributed by atoms with Gasteiger partial charge in [0, 0.05) is 17.8 Å². The lowest BCUT2D eigenvalue weighted by atomic mass is 9.87. The maximum absolute atomic E-state index is 12.8. The number of anilines is 4. The number of rotatable bonds is 4. The molecule has 2 aromatic carbocycles. The Morgan fingerprint density at radius 3 is 2.45 bits per heavy atom. The third-order valence-electron chi connectivity index (χ3n) is 5.38. The van der Waals surface area contributed by atoms with E-state index in [4.69, 9.17) is 4.98 Å². The van der Waals surface area contributed by atoms with Gasteiger partial charge in [0.2, 0.25) is 5.95 Å². The van der Waals surface area contributed by atoms with Gasteiger partial charge < -0.3 is 10.6 Å². The van der Waals surface area contributed by atoms with E-state index in [-0.39, 0.29) is 11.7 Å². The summed E-state index contributed by atoms with van der Waals surface area (Å²) in [5.74, 6) is 1.46. The first-order valence-electron chi connectivity index (χ1n) is 10.0. The first-order chi connectivity index (χ1) is 13.9. The van der Waals surface area contributed by atoms with E-state index in [1.165, 1.54) is 11.1 Å². The monoisotopic (exact) mass is 386 g/mol. The number of fused-ring (bicyclic) bond motifs is 1. The summed E-state index contributed by atoms with van der Waals surface area (Å²) in [5.41, 5.74) is 6.86. The van der Waals surface area contributed by atoms with Crippen molar-refractivity contribution in [2.75, 3.05) is 10.6 Å². The predicted octanol–water partition coefficient (Wildman–Crippen LogP) is 5.65. The van der Waals surface area contributed by atoms with Gasteiger partial charge in [-0.25, -0.2) is 4.98 Å². The molecule has 148 valence electrons. The van der Waals surface area contributed by atoms with Crippen LogP contribution < -0.4 is 10.6 Å². The highest BCUT2D eigenvalue weighted by Gasteiger charge is 2.28. The first-order valence-corrected chi connectivity index (χ1v) is 10.0. The molecule has 0 fully saturated rings. The first kappa shape index (κ1) is 19.1. The molecule has 1 heterocycles. The van der Waals surface area contributed by atoms with Gasteiger partial charge >= 0.3 is 0 Å². The summed E-state index contributed by atoms with van der Waals surface area (Å²) in [6.07, 6.45) is 1.30. The molecule has 1 aromatic heterocycles. The Kier molecular flexibility index (Phi) is 5.05. The minimum atomic E-state index is 0.103. The van der Waals surface area contributed by atoms with Gasteiger partial charge in [-0.2, -0.15) is 4.98 Å². The molecule has 1 unspecified atom stereocenters. The summed E-state index contributed by atoms with van der Waals surface area (Å²) in [6, 6.07) is 14.2. The van der Waals surface area contributed by atoms with Crippen molar-refractivity contribution >= 4 is 28.9 Å².